The molecule has 0 heterocycles. The molecular weight excluding hydrogens is 242 g/mol. The Morgan fingerprint density at radius 2 is 1.89 bits per heavy atom. The molecular formula is C15H23NO3. The van der Waals surface area contributed by atoms with Crippen molar-refractivity contribution in [2.75, 3.05) is 19.8 Å². The van der Waals surface area contributed by atoms with E-state index >= 15 is 0 Å². The van der Waals surface area contributed by atoms with Gasteiger partial charge in [0.05, 0.1) is 6.61 Å². The van der Waals surface area contributed by atoms with Gasteiger partial charge in [0.2, 0.25) is 0 Å². The van der Waals surface area contributed by atoms with Crippen LogP contribution in [0.15, 0.2) is 30.3 Å². The molecule has 1 aromatic rings. The van der Waals surface area contributed by atoms with E-state index in [0.717, 1.165) is 5.56 Å². The molecule has 0 saturated carbocycles. The monoisotopic (exact) mass is 265 g/mol. The van der Waals surface area contributed by atoms with Crippen LogP contribution in [0.3, 0.4) is 0 Å². The lowest BCUT2D eigenvalue weighted by Gasteiger charge is -2.23. The minimum atomic E-state index is -1.13. The molecule has 1 unspecified atom stereocenters. The number of esters is 1. The molecule has 0 aromatic heterocycles. The Bertz CT molecular complexity index is 388. The van der Waals surface area contributed by atoms with E-state index in [-0.39, 0.29) is 6.61 Å². The summed E-state index contributed by atoms with van der Waals surface area (Å²) < 4.78 is 10.5. The van der Waals surface area contributed by atoms with Gasteiger partial charge in [-0.3, -0.25) is 0 Å². The zero-order valence-corrected chi connectivity index (χ0v) is 11.9. The van der Waals surface area contributed by atoms with Gasteiger partial charge in [0.25, 0.3) is 0 Å². The largest absolute Gasteiger partial charge is 0.462 e. The van der Waals surface area contributed by atoms with Crippen LogP contribution in [0, 0.1) is 5.92 Å². The van der Waals surface area contributed by atoms with Gasteiger partial charge in [0.15, 0.2) is 0 Å². The van der Waals surface area contributed by atoms with Gasteiger partial charge in [0, 0.05) is 6.61 Å². The molecule has 0 aliphatic carbocycles. The fourth-order valence-electron chi connectivity index (χ4n) is 1.56. The van der Waals surface area contributed by atoms with Crippen LogP contribution in [0.2, 0.25) is 0 Å². The second-order valence-corrected chi connectivity index (χ2v) is 5.17. The average molecular weight is 265 g/mol. The molecule has 0 saturated heterocycles. The number of ether oxygens (including phenoxy) is 2. The van der Waals surface area contributed by atoms with Crippen molar-refractivity contribution < 1.29 is 14.3 Å². The van der Waals surface area contributed by atoms with E-state index < -0.39 is 11.5 Å². The van der Waals surface area contributed by atoms with Gasteiger partial charge in [-0.2, -0.15) is 0 Å². The highest BCUT2D eigenvalue weighted by Gasteiger charge is 2.31. The smallest absolute Gasteiger partial charge is 0.330 e. The fourth-order valence-corrected chi connectivity index (χ4v) is 1.56. The Morgan fingerprint density at radius 3 is 2.47 bits per heavy atom. The molecule has 1 rings (SSSR count). The Kier molecular flexibility index (Phi) is 5.99. The van der Waals surface area contributed by atoms with Crippen molar-refractivity contribution in [1.82, 2.24) is 0 Å². The first-order chi connectivity index (χ1) is 8.94. The summed E-state index contributed by atoms with van der Waals surface area (Å²) in [6.07, 6.45) is 0. The fraction of sp³-hybridized carbons (Fsp3) is 0.533. The molecule has 1 atom stereocenters. The van der Waals surface area contributed by atoms with Gasteiger partial charge in [-0.1, -0.05) is 44.2 Å². The van der Waals surface area contributed by atoms with Crippen molar-refractivity contribution in [3.05, 3.63) is 35.9 Å². The van der Waals surface area contributed by atoms with Crippen LogP contribution in [0.4, 0.5) is 0 Å². The van der Waals surface area contributed by atoms with Crippen LogP contribution in [0.1, 0.15) is 26.3 Å². The third kappa shape index (κ3) is 5.01. The predicted octanol–water partition coefficient (Wildman–Crippen LogP) is 2.08. The molecule has 0 radical (unpaired) electrons. The van der Waals surface area contributed by atoms with E-state index in [1.54, 1.807) is 6.92 Å². The summed E-state index contributed by atoms with van der Waals surface area (Å²) in [5, 5.41) is 0. The molecule has 0 aliphatic rings. The van der Waals surface area contributed by atoms with Gasteiger partial charge < -0.3 is 15.2 Å². The normalized spacial score (nSPS) is 14.2. The Hall–Kier alpha value is -1.39. The lowest BCUT2D eigenvalue weighted by atomic mass is 9.93. The van der Waals surface area contributed by atoms with Crippen molar-refractivity contribution in [3.8, 4) is 0 Å². The summed E-state index contributed by atoms with van der Waals surface area (Å²) in [6, 6.07) is 9.21. The van der Waals surface area contributed by atoms with Crippen molar-refractivity contribution in [1.29, 1.82) is 0 Å². The lowest BCUT2D eigenvalue weighted by Crippen LogP contribution is -2.43. The van der Waals surface area contributed by atoms with E-state index in [4.69, 9.17) is 15.2 Å². The van der Waals surface area contributed by atoms with E-state index in [0.29, 0.717) is 19.1 Å². The van der Waals surface area contributed by atoms with Crippen LogP contribution in [0.5, 0.6) is 0 Å². The third-order valence-corrected chi connectivity index (χ3v) is 2.71. The minimum absolute atomic E-state index is 0.227. The maximum absolute atomic E-state index is 12.0. The first-order valence-corrected chi connectivity index (χ1v) is 6.54. The molecule has 1 aromatic carbocycles. The summed E-state index contributed by atoms with van der Waals surface area (Å²) in [7, 11) is 0. The predicted molar refractivity (Wildman–Crippen MR) is 74.6 cm³/mol. The van der Waals surface area contributed by atoms with Crippen LogP contribution in [0.25, 0.3) is 0 Å². The molecule has 106 valence electrons. The number of carbonyl (C=O) groups is 1. The molecule has 0 aliphatic heterocycles. The van der Waals surface area contributed by atoms with Crippen molar-refractivity contribution in [2.24, 2.45) is 11.7 Å². The van der Waals surface area contributed by atoms with Crippen molar-refractivity contribution in [3.63, 3.8) is 0 Å². The van der Waals surface area contributed by atoms with Gasteiger partial charge in [-0.15, -0.1) is 0 Å². The molecule has 19 heavy (non-hydrogen) atoms. The van der Waals surface area contributed by atoms with Crippen molar-refractivity contribution >= 4 is 5.97 Å². The molecule has 0 bridgehead atoms. The van der Waals surface area contributed by atoms with E-state index in [2.05, 4.69) is 13.8 Å². The molecule has 0 fully saturated rings. The molecule has 0 amide bonds. The zero-order valence-electron chi connectivity index (χ0n) is 11.9. The summed E-state index contributed by atoms with van der Waals surface area (Å²) in [5.41, 5.74) is 5.64. The number of benzene rings is 1. The lowest BCUT2D eigenvalue weighted by molar-refractivity contribution is -0.151. The van der Waals surface area contributed by atoms with E-state index in [1.807, 2.05) is 30.3 Å². The highest BCUT2D eigenvalue weighted by Crippen LogP contribution is 2.18. The maximum atomic E-state index is 12.0. The number of nitrogens with two attached hydrogens (primary N) is 1. The molecule has 4 nitrogen and oxygen atoms in total. The standard InChI is InChI=1S/C15H23NO3/c1-12(2)11-18-9-10-19-14(17)15(3,16)13-7-5-4-6-8-13/h4-8,12H,9-11,16H2,1-3H3. The second-order valence-electron chi connectivity index (χ2n) is 5.17. The van der Waals surface area contributed by atoms with Gasteiger partial charge in [-0.25, -0.2) is 4.79 Å². The average Bonchev–Trinajstić information content (AvgIpc) is 2.38. The first kappa shape index (κ1) is 15.7. The van der Waals surface area contributed by atoms with Crippen LogP contribution >= 0.6 is 0 Å². The number of rotatable bonds is 7. The molecule has 4 heteroatoms. The summed E-state index contributed by atoms with van der Waals surface area (Å²) in [5.74, 6) is 0.0339. The van der Waals surface area contributed by atoms with Gasteiger partial charge in [-0.05, 0) is 18.4 Å². The number of carbonyl (C=O) groups excluding carboxylic acids is 1. The Morgan fingerprint density at radius 1 is 1.26 bits per heavy atom. The first-order valence-electron chi connectivity index (χ1n) is 6.54. The third-order valence-electron chi connectivity index (χ3n) is 2.71. The minimum Gasteiger partial charge on any atom is -0.462 e. The highest BCUT2D eigenvalue weighted by molar-refractivity contribution is 5.81. The van der Waals surface area contributed by atoms with Gasteiger partial charge >= 0.3 is 5.97 Å². The van der Waals surface area contributed by atoms with Crippen LogP contribution in [-0.4, -0.2) is 25.8 Å². The van der Waals surface area contributed by atoms with Crippen LogP contribution in [-0.2, 0) is 19.8 Å². The van der Waals surface area contributed by atoms with Crippen LogP contribution < -0.4 is 5.73 Å². The zero-order chi connectivity index (χ0) is 14.3. The second kappa shape index (κ2) is 7.26. The molecule has 2 N–H and O–H groups in total. The van der Waals surface area contributed by atoms with Crippen molar-refractivity contribution in [2.45, 2.75) is 26.3 Å². The Balaban J connectivity index is 2.40. The number of hydrogen-bond acceptors (Lipinski definition) is 4. The SMILES string of the molecule is CC(C)COCCOC(=O)C(C)(N)c1ccccc1. The maximum Gasteiger partial charge on any atom is 0.330 e. The molecule has 0 spiro atoms. The summed E-state index contributed by atoms with van der Waals surface area (Å²) in [4.78, 5) is 12.0. The van der Waals surface area contributed by atoms with E-state index in [9.17, 15) is 4.79 Å². The van der Waals surface area contributed by atoms with Gasteiger partial charge in [0.1, 0.15) is 12.1 Å². The summed E-state index contributed by atoms with van der Waals surface area (Å²) >= 11 is 0. The quantitative estimate of drug-likeness (QED) is 0.605. The summed E-state index contributed by atoms with van der Waals surface area (Å²) in [6.45, 7) is 7.08. The topological polar surface area (TPSA) is 61.5 Å². The highest BCUT2D eigenvalue weighted by atomic mass is 16.6. The number of hydrogen-bond donors (Lipinski definition) is 1. The Labute approximate surface area is 114 Å². The van der Waals surface area contributed by atoms with E-state index in [1.165, 1.54) is 0 Å².